The maximum atomic E-state index is 11.2. The van der Waals surface area contributed by atoms with Gasteiger partial charge in [-0.2, -0.15) is 13.5 Å². The second-order valence-electron chi connectivity index (χ2n) is 3.96. The second kappa shape index (κ2) is 11.1. The fourth-order valence-corrected chi connectivity index (χ4v) is 1.56. The van der Waals surface area contributed by atoms with E-state index in [0.717, 1.165) is 18.8 Å². The van der Waals surface area contributed by atoms with E-state index in [1.54, 1.807) is 6.08 Å². The highest BCUT2D eigenvalue weighted by molar-refractivity contribution is 7.59. The minimum absolute atomic E-state index is 0. The number of Topliss-reactive ketones (excluding diaryl/α,β-unsaturated/α-hetero) is 1. The molecular formula is C15H22O2S. The molecular weight excluding hydrogens is 244 g/mol. The van der Waals surface area contributed by atoms with Crippen LogP contribution in [0.15, 0.2) is 43.0 Å². The van der Waals surface area contributed by atoms with Gasteiger partial charge in [0.1, 0.15) is 0 Å². The van der Waals surface area contributed by atoms with Gasteiger partial charge < -0.3 is 4.74 Å². The Labute approximate surface area is 116 Å². The summed E-state index contributed by atoms with van der Waals surface area (Å²) in [6.45, 7) is 5.51. The topological polar surface area (TPSA) is 26.3 Å². The highest BCUT2D eigenvalue weighted by Gasteiger charge is 1.99. The maximum absolute atomic E-state index is 11.2. The smallest absolute Gasteiger partial charge is 0.166 e. The van der Waals surface area contributed by atoms with Gasteiger partial charge in [-0.3, -0.25) is 4.79 Å². The number of allylic oxidation sites excluding steroid dienone is 1. The highest BCUT2D eigenvalue weighted by atomic mass is 32.1. The van der Waals surface area contributed by atoms with Crippen molar-refractivity contribution in [1.29, 1.82) is 0 Å². The minimum atomic E-state index is 0. The largest absolute Gasteiger partial charge is 0.381 e. The molecule has 1 aliphatic rings. The van der Waals surface area contributed by atoms with Crippen LogP contribution in [0.2, 0.25) is 0 Å². The van der Waals surface area contributed by atoms with Gasteiger partial charge in [0.15, 0.2) is 5.78 Å². The van der Waals surface area contributed by atoms with Crippen LogP contribution in [0.3, 0.4) is 0 Å². The van der Waals surface area contributed by atoms with Crippen LogP contribution in [0.5, 0.6) is 0 Å². The van der Waals surface area contributed by atoms with Crippen LogP contribution in [-0.4, -0.2) is 19.0 Å². The molecule has 1 heterocycles. The number of rotatable bonds is 3. The molecule has 1 fully saturated rings. The first kappa shape index (κ1) is 16.9. The molecule has 1 aromatic rings. The number of ketones is 1. The van der Waals surface area contributed by atoms with E-state index in [-0.39, 0.29) is 19.3 Å². The molecule has 2 nitrogen and oxygen atoms in total. The van der Waals surface area contributed by atoms with E-state index in [4.69, 9.17) is 4.74 Å². The molecule has 2 rings (SSSR count). The molecule has 0 unspecified atom stereocenters. The summed E-state index contributed by atoms with van der Waals surface area (Å²) in [6, 6.07) is 9.23. The third-order valence-electron chi connectivity index (χ3n) is 2.50. The van der Waals surface area contributed by atoms with Crippen molar-refractivity contribution in [2.24, 2.45) is 0 Å². The van der Waals surface area contributed by atoms with E-state index in [1.807, 2.05) is 30.3 Å². The summed E-state index contributed by atoms with van der Waals surface area (Å²) in [7, 11) is 0. The molecule has 1 aromatic carbocycles. The van der Waals surface area contributed by atoms with Crippen LogP contribution < -0.4 is 0 Å². The van der Waals surface area contributed by atoms with Crippen LogP contribution in [-0.2, 0) is 4.74 Å². The fourth-order valence-electron chi connectivity index (χ4n) is 1.56. The van der Waals surface area contributed by atoms with Crippen molar-refractivity contribution < 1.29 is 9.53 Å². The Hall–Kier alpha value is -1.06. The van der Waals surface area contributed by atoms with E-state index in [0.29, 0.717) is 6.42 Å². The normalized spacial score (nSPS) is 13.6. The number of ether oxygens (including phenoxy) is 1. The lowest BCUT2D eigenvalue weighted by Crippen LogP contribution is -2.03. The van der Waals surface area contributed by atoms with Gasteiger partial charge >= 0.3 is 0 Å². The zero-order valence-corrected chi connectivity index (χ0v) is 11.7. The van der Waals surface area contributed by atoms with Crippen LogP contribution >= 0.6 is 13.5 Å². The SMILES string of the molecule is C1CCOCC1.C=CCC(=O)c1ccccc1.S. The van der Waals surface area contributed by atoms with E-state index in [1.165, 1.54) is 19.3 Å². The third-order valence-corrected chi connectivity index (χ3v) is 2.50. The van der Waals surface area contributed by atoms with E-state index in [2.05, 4.69) is 6.58 Å². The molecule has 0 aliphatic carbocycles. The van der Waals surface area contributed by atoms with Crippen molar-refractivity contribution >= 4 is 19.3 Å². The van der Waals surface area contributed by atoms with Crippen LogP contribution in [0.1, 0.15) is 36.0 Å². The van der Waals surface area contributed by atoms with Crippen LogP contribution in [0.25, 0.3) is 0 Å². The number of carbonyl (C=O) groups is 1. The van der Waals surface area contributed by atoms with Crippen molar-refractivity contribution in [2.45, 2.75) is 25.7 Å². The van der Waals surface area contributed by atoms with E-state index in [9.17, 15) is 4.79 Å². The van der Waals surface area contributed by atoms with Crippen molar-refractivity contribution in [1.82, 2.24) is 0 Å². The van der Waals surface area contributed by atoms with Crippen molar-refractivity contribution in [3.05, 3.63) is 48.6 Å². The molecule has 0 saturated carbocycles. The summed E-state index contributed by atoms with van der Waals surface area (Å²) in [5.41, 5.74) is 0.757. The number of benzene rings is 1. The standard InChI is InChI=1S/C10H10O.C5H10O.H2S/c1-2-6-10(11)9-7-4-3-5-8-9;1-2-4-6-5-3-1;/h2-5,7-8H,1,6H2;1-5H2;1H2. The van der Waals surface area contributed by atoms with Gasteiger partial charge in [-0.15, -0.1) is 6.58 Å². The lowest BCUT2D eigenvalue weighted by Gasteiger charge is -2.08. The zero-order chi connectivity index (χ0) is 12.3. The molecule has 0 amide bonds. The Bertz CT molecular complexity index is 320. The maximum Gasteiger partial charge on any atom is 0.166 e. The molecule has 0 bridgehead atoms. The predicted octanol–water partition coefficient (Wildman–Crippen LogP) is 3.75. The first-order chi connectivity index (χ1) is 8.34. The Morgan fingerprint density at radius 1 is 1.17 bits per heavy atom. The van der Waals surface area contributed by atoms with Gasteiger partial charge in [-0.25, -0.2) is 0 Å². The monoisotopic (exact) mass is 266 g/mol. The summed E-state index contributed by atoms with van der Waals surface area (Å²) < 4.78 is 5.07. The van der Waals surface area contributed by atoms with Gasteiger partial charge in [0.25, 0.3) is 0 Å². The summed E-state index contributed by atoms with van der Waals surface area (Å²) in [5.74, 6) is 0.126. The molecule has 3 heteroatoms. The Kier molecular flexibility index (Phi) is 10.4. The summed E-state index contributed by atoms with van der Waals surface area (Å²) in [6.07, 6.45) is 5.97. The quantitative estimate of drug-likeness (QED) is 0.615. The number of carbonyl (C=O) groups excluding carboxylic acids is 1. The highest BCUT2D eigenvalue weighted by Crippen LogP contribution is 2.02. The molecule has 1 saturated heterocycles. The van der Waals surface area contributed by atoms with Crippen molar-refractivity contribution in [2.75, 3.05) is 13.2 Å². The first-order valence-electron chi connectivity index (χ1n) is 6.11. The van der Waals surface area contributed by atoms with Gasteiger partial charge in [0, 0.05) is 25.2 Å². The summed E-state index contributed by atoms with van der Waals surface area (Å²) in [5, 5.41) is 0. The Morgan fingerprint density at radius 2 is 1.78 bits per heavy atom. The van der Waals surface area contributed by atoms with E-state index >= 15 is 0 Å². The van der Waals surface area contributed by atoms with Gasteiger partial charge in [0.2, 0.25) is 0 Å². The molecule has 0 radical (unpaired) electrons. The molecule has 0 spiro atoms. The molecule has 0 N–H and O–H groups in total. The average molecular weight is 266 g/mol. The molecule has 100 valence electrons. The van der Waals surface area contributed by atoms with Gasteiger partial charge in [0.05, 0.1) is 0 Å². The Morgan fingerprint density at radius 3 is 2.17 bits per heavy atom. The lowest BCUT2D eigenvalue weighted by atomic mass is 10.1. The first-order valence-corrected chi connectivity index (χ1v) is 6.11. The third kappa shape index (κ3) is 7.30. The second-order valence-corrected chi connectivity index (χ2v) is 3.96. The van der Waals surface area contributed by atoms with Crippen molar-refractivity contribution in [3.8, 4) is 0 Å². The van der Waals surface area contributed by atoms with Crippen molar-refractivity contribution in [3.63, 3.8) is 0 Å². The average Bonchev–Trinajstić information content (AvgIpc) is 2.43. The fraction of sp³-hybridized carbons (Fsp3) is 0.400. The molecule has 1 aliphatic heterocycles. The number of hydrogen-bond donors (Lipinski definition) is 0. The van der Waals surface area contributed by atoms with E-state index < -0.39 is 0 Å². The zero-order valence-electron chi connectivity index (χ0n) is 10.7. The molecule has 0 atom stereocenters. The summed E-state index contributed by atoms with van der Waals surface area (Å²) in [4.78, 5) is 11.2. The van der Waals surface area contributed by atoms with Gasteiger partial charge in [-0.05, 0) is 19.3 Å². The minimum Gasteiger partial charge on any atom is -0.381 e. The Balaban J connectivity index is 0.000000352. The van der Waals surface area contributed by atoms with Crippen LogP contribution in [0, 0.1) is 0 Å². The predicted molar refractivity (Wildman–Crippen MR) is 80.6 cm³/mol. The number of hydrogen-bond acceptors (Lipinski definition) is 2. The van der Waals surface area contributed by atoms with Crippen LogP contribution in [0.4, 0.5) is 0 Å². The summed E-state index contributed by atoms with van der Waals surface area (Å²) >= 11 is 0. The van der Waals surface area contributed by atoms with Gasteiger partial charge in [-0.1, -0.05) is 36.4 Å². The molecule has 0 aromatic heterocycles. The lowest BCUT2D eigenvalue weighted by molar-refractivity contribution is 0.0968. The molecule has 18 heavy (non-hydrogen) atoms.